The van der Waals surface area contributed by atoms with Gasteiger partial charge in [-0.1, -0.05) is 33.6 Å². The minimum atomic E-state index is -0.0165. The zero-order valence-electron chi connectivity index (χ0n) is 11.5. The van der Waals surface area contributed by atoms with Crippen molar-refractivity contribution in [1.29, 1.82) is 0 Å². The molecule has 6 heteroatoms. The number of nitrogens with zero attached hydrogens (tertiary/aromatic N) is 2. The van der Waals surface area contributed by atoms with E-state index in [9.17, 15) is 0 Å². The molecule has 20 heavy (non-hydrogen) atoms. The Bertz CT molecular complexity index is 582. The lowest BCUT2D eigenvalue weighted by Gasteiger charge is -2.17. The molecule has 0 spiro atoms. The predicted molar refractivity (Wildman–Crippen MR) is 85.5 cm³/mol. The molecule has 0 saturated heterocycles. The van der Waals surface area contributed by atoms with Crippen LogP contribution in [-0.2, 0) is 6.42 Å². The lowest BCUT2D eigenvalue weighted by Crippen LogP contribution is -2.30. The van der Waals surface area contributed by atoms with Crippen molar-refractivity contribution in [2.75, 3.05) is 0 Å². The summed E-state index contributed by atoms with van der Waals surface area (Å²) in [5.41, 5.74) is 4.91. The minimum absolute atomic E-state index is 0.0165. The molecule has 4 nitrogen and oxygen atoms in total. The number of benzene rings is 1. The first kappa shape index (κ1) is 15.5. The Morgan fingerprint density at radius 2 is 2.15 bits per heavy atom. The van der Waals surface area contributed by atoms with E-state index in [0.717, 1.165) is 22.2 Å². The number of aromatic nitrogens is 2. The van der Waals surface area contributed by atoms with Crippen LogP contribution in [-0.4, -0.2) is 9.78 Å². The fourth-order valence-corrected chi connectivity index (χ4v) is 2.98. The summed E-state index contributed by atoms with van der Waals surface area (Å²) < 4.78 is 2.89. The van der Waals surface area contributed by atoms with Crippen LogP contribution in [0.1, 0.15) is 37.2 Å². The Hall–Kier alpha value is -0.880. The van der Waals surface area contributed by atoms with Gasteiger partial charge >= 0.3 is 0 Å². The number of halogens is 2. The van der Waals surface area contributed by atoms with Crippen LogP contribution in [0.5, 0.6) is 0 Å². The number of hydrogen-bond acceptors (Lipinski definition) is 3. The summed E-state index contributed by atoms with van der Waals surface area (Å²) in [5.74, 6) is 5.69. The van der Waals surface area contributed by atoms with Crippen LogP contribution < -0.4 is 11.3 Å². The zero-order valence-corrected chi connectivity index (χ0v) is 13.8. The number of hydrazine groups is 1. The van der Waals surface area contributed by atoms with Gasteiger partial charge in [0.15, 0.2) is 0 Å². The van der Waals surface area contributed by atoms with Gasteiger partial charge in [-0.2, -0.15) is 5.10 Å². The van der Waals surface area contributed by atoms with E-state index < -0.39 is 0 Å². The summed E-state index contributed by atoms with van der Waals surface area (Å²) in [6.07, 6.45) is 2.71. The molecule has 0 aliphatic rings. The second kappa shape index (κ2) is 6.72. The van der Waals surface area contributed by atoms with Crippen molar-refractivity contribution in [2.24, 2.45) is 5.84 Å². The van der Waals surface area contributed by atoms with Crippen molar-refractivity contribution in [1.82, 2.24) is 15.2 Å². The molecule has 1 aromatic heterocycles. The molecule has 0 aliphatic heterocycles. The number of rotatable bonds is 5. The third-order valence-electron chi connectivity index (χ3n) is 3.15. The predicted octanol–water partition coefficient (Wildman–Crippen LogP) is 3.63. The van der Waals surface area contributed by atoms with E-state index in [2.05, 4.69) is 40.3 Å². The Morgan fingerprint density at radius 1 is 1.40 bits per heavy atom. The van der Waals surface area contributed by atoms with Crippen LogP contribution in [0, 0.1) is 0 Å². The smallest absolute Gasteiger partial charge is 0.0644 e. The van der Waals surface area contributed by atoms with Crippen LogP contribution in [0.25, 0.3) is 0 Å². The highest BCUT2D eigenvalue weighted by Crippen LogP contribution is 2.28. The van der Waals surface area contributed by atoms with E-state index in [1.807, 2.05) is 35.1 Å². The van der Waals surface area contributed by atoms with Crippen molar-refractivity contribution < 1.29 is 0 Å². The van der Waals surface area contributed by atoms with Gasteiger partial charge in [-0.25, -0.2) is 0 Å². The largest absolute Gasteiger partial charge is 0.271 e. The van der Waals surface area contributed by atoms with Gasteiger partial charge in [0.1, 0.15) is 0 Å². The van der Waals surface area contributed by atoms with Crippen molar-refractivity contribution in [3.63, 3.8) is 0 Å². The van der Waals surface area contributed by atoms with Gasteiger partial charge in [-0.05, 0) is 37.6 Å². The standard InChI is InChI=1S/C14H18BrClN4/c1-9(2)20-6-5-11(19-20)8-14(18-17)12-4-3-10(16)7-13(12)15/h3-7,9,14,18H,8,17H2,1-2H3. The molecule has 0 radical (unpaired) electrons. The van der Waals surface area contributed by atoms with Crippen LogP contribution in [0.15, 0.2) is 34.9 Å². The third kappa shape index (κ3) is 3.61. The number of hydrogen-bond donors (Lipinski definition) is 2. The molecule has 2 rings (SSSR count). The maximum absolute atomic E-state index is 5.97. The summed E-state index contributed by atoms with van der Waals surface area (Å²) in [7, 11) is 0. The normalized spacial score (nSPS) is 12.9. The first-order chi connectivity index (χ1) is 9.51. The van der Waals surface area contributed by atoms with Crippen molar-refractivity contribution in [3.05, 3.63) is 51.2 Å². The van der Waals surface area contributed by atoms with E-state index in [0.29, 0.717) is 11.1 Å². The van der Waals surface area contributed by atoms with Crippen molar-refractivity contribution in [3.8, 4) is 0 Å². The average Bonchev–Trinajstić information content (AvgIpc) is 2.85. The van der Waals surface area contributed by atoms with Gasteiger partial charge in [0, 0.05) is 28.2 Å². The van der Waals surface area contributed by atoms with Crippen molar-refractivity contribution >= 4 is 27.5 Å². The molecule has 0 fully saturated rings. The van der Waals surface area contributed by atoms with E-state index in [1.165, 1.54) is 0 Å². The fourth-order valence-electron chi connectivity index (χ4n) is 2.03. The Balaban J connectivity index is 2.19. The zero-order chi connectivity index (χ0) is 14.7. The topological polar surface area (TPSA) is 55.9 Å². The minimum Gasteiger partial charge on any atom is -0.271 e. The monoisotopic (exact) mass is 356 g/mol. The highest BCUT2D eigenvalue weighted by molar-refractivity contribution is 9.10. The second-order valence-electron chi connectivity index (χ2n) is 4.97. The first-order valence-corrected chi connectivity index (χ1v) is 7.63. The quantitative estimate of drug-likeness (QED) is 0.634. The molecular weight excluding hydrogens is 340 g/mol. The molecule has 1 heterocycles. The molecule has 1 aromatic carbocycles. The molecule has 0 bridgehead atoms. The van der Waals surface area contributed by atoms with Crippen molar-refractivity contribution in [2.45, 2.75) is 32.4 Å². The van der Waals surface area contributed by atoms with Crippen LogP contribution >= 0.6 is 27.5 Å². The molecule has 0 aliphatic carbocycles. The van der Waals surface area contributed by atoms with Crippen LogP contribution in [0.4, 0.5) is 0 Å². The fraction of sp³-hybridized carbons (Fsp3) is 0.357. The Labute approximate surface area is 132 Å². The second-order valence-corrected chi connectivity index (χ2v) is 6.26. The van der Waals surface area contributed by atoms with Gasteiger partial charge in [0.05, 0.1) is 11.7 Å². The number of nitrogens with two attached hydrogens (primary N) is 1. The molecule has 1 atom stereocenters. The van der Waals surface area contributed by atoms with E-state index in [4.69, 9.17) is 17.4 Å². The Morgan fingerprint density at radius 3 is 2.70 bits per heavy atom. The van der Waals surface area contributed by atoms with Crippen LogP contribution in [0.3, 0.4) is 0 Å². The van der Waals surface area contributed by atoms with Gasteiger partial charge in [-0.15, -0.1) is 0 Å². The molecule has 1 unspecified atom stereocenters. The third-order valence-corrected chi connectivity index (χ3v) is 4.07. The van der Waals surface area contributed by atoms with Gasteiger partial charge in [0.25, 0.3) is 0 Å². The van der Waals surface area contributed by atoms with E-state index in [1.54, 1.807) is 0 Å². The first-order valence-electron chi connectivity index (χ1n) is 6.46. The molecule has 3 N–H and O–H groups in total. The Kier molecular flexibility index (Phi) is 5.21. The lowest BCUT2D eigenvalue weighted by molar-refractivity contribution is 0.506. The average molecular weight is 358 g/mol. The summed E-state index contributed by atoms with van der Waals surface area (Å²) in [6, 6.07) is 8.06. The number of nitrogens with one attached hydrogen (secondary N) is 1. The lowest BCUT2D eigenvalue weighted by atomic mass is 10.0. The SMILES string of the molecule is CC(C)n1ccc(CC(NN)c2ccc(Cl)cc2Br)n1. The van der Waals surface area contributed by atoms with E-state index in [-0.39, 0.29) is 6.04 Å². The molecule has 0 amide bonds. The summed E-state index contributed by atoms with van der Waals surface area (Å²) in [5, 5.41) is 5.24. The molecule has 108 valence electrons. The maximum Gasteiger partial charge on any atom is 0.0644 e. The van der Waals surface area contributed by atoms with Crippen LogP contribution in [0.2, 0.25) is 5.02 Å². The summed E-state index contributed by atoms with van der Waals surface area (Å²) in [6.45, 7) is 4.20. The summed E-state index contributed by atoms with van der Waals surface area (Å²) >= 11 is 9.49. The summed E-state index contributed by atoms with van der Waals surface area (Å²) in [4.78, 5) is 0. The molecule has 0 saturated carbocycles. The van der Waals surface area contributed by atoms with Gasteiger partial charge in [-0.3, -0.25) is 16.0 Å². The van der Waals surface area contributed by atoms with E-state index >= 15 is 0 Å². The maximum atomic E-state index is 5.97. The van der Waals surface area contributed by atoms with Gasteiger partial charge in [0.2, 0.25) is 0 Å². The van der Waals surface area contributed by atoms with Gasteiger partial charge < -0.3 is 0 Å². The molecular formula is C14H18BrClN4. The highest BCUT2D eigenvalue weighted by Gasteiger charge is 2.15. The highest BCUT2D eigenvalue weighted by atomic mass is 79.9. The molecule has 2 aromatic rings.